The van der Waals surface area contributed by atoms with Gasteiger partial charge in [0.2, 0.25) is 0 Å². The molecule has 16 heavy (non-hydrogen) atoms. The largest absolute Gasteiger partial charge is 0.463 e. The van der Waals surface area contributed by atoms with Crippen molar-refractivity contribution in [2.24, 2.45) is 17.3 Å². The Bertz CT molecular complexity index is 339. The Morgan fingerprint density at radius 3 is 2.94 bits per heavy atom. The van der Waals surface area contributed by atoms with Crippen LogP contribution >= 0.6 is 0 Å². The van der Waals surface area contributed by atoms with E-state index in [-0.39, 0.29) is 5.97 Å². The van der Waals surface area contributed by atoms with E-state index in [2.05, 4.69) is 0 Å². The Balaban J connectivity index is 1.63. The maximum absolute atomic E-state index is 11.4. The van der Waals surface area contributed by atoms with Crippen LogP contribution in [0.5, 0.6) is 0 Å². The van der Waals surface area contributed by atoms with Crippen molar-refractivity contribution in [3.05, 3.63) is 11.6 Å². The summed E-state index contributed by atoms with van der Waals surface area (Å²) in [5.41, 5.74) is 2.06. The second-order valence-corrected chi connectivity index (χ2v) is 5.80. The fourth-order valence-corrected chi connectivity index (χ4v) is 3.94. The summed E-state index contributed by atoms with van der Waals surface area (Å²) in [6, 6.07) is 0. The normalized spacial score (nSPS) is 36.7. The minimum Gasteiger partial charge on any atom is -0.463 e. The number of carbonyl (C=O) groups excluding carboxylic acids is 1. The number of carbonyl (C=O) groups is 1. The van der Waals surface area contributed by atoms with Crippen molar-refractivity contribution in [1.29, 1.82) is 0 Å². The first-order valence-electron chi connectivity index (χ1n) is 6.60. The van der Waals surface area contributed by atoms with E-state index in [0.29, 0.717) is 12.0 Å². The molecule has 0 aliphatic heterocycles. The van der Waals surface area contributed by atoms with Crippen LogP contribution in [0, 0.1) is 17.3 Å². The van der Waals surface area contributed by atoms with E-state index in [1.807, 2.05) is 6.92 Å². The molecule has 3 fully saturated rings. The van der Waals surface area contributed by atoms with Crippen LogP contribution in [0.1, 0.15) is 45.4 Å². The van der Waals surface area contributed by atoms with E-state index in [0.717, 1.165) is 18.3 Å². The monoisotopic (exact) mass is 220 g/mol. The van der Waals surface area contributed by atoms with Gasteiger partial charge in [0.15, 0.2) is 0 Å². The number of esters is 1. The summed E-state index contributed by atoms with van der Waals surface area (Å²) in [5, 5.41) is 0. The molecule has 3 aliphatic rings. The Kier molecular flexibility index (Phi) is 2.34. The molecule has 2 nitrogen and oxygen atoms in total. The first-order valence-corrected chi connectivity index (χ1v) is 6.60. The van der Waals surface area contributed by atoms with E-state index >= 15 is 0 Å². The molecule has 0 N–H and O–H groups in total. The Morgan fingerprint density at radius 1 is 1.50 bits per heavy atom. The Hall–Kier alpha value is -0.790. The second-order valence-electron chi connectivity index (χ2n) is 5.80. The Labute approximate surface area is 97.1 Å². The van der Waals surface area contributed by atoms with Gasteiger partial charge in [-0.05, 0) is 56.3 Å². The van der Waals surface area contributed by atoms with Gasteiger partial charge in [-0.1, -0.05) is 12.0 Å². The van der Waals surface area contributed by atoms with E-state index in [1.54, 1.807) is 6.08 Å². The molecule has 0 aromatic rings. The molecule has 88 valence electrons. The van der Waals surface area contributed by atoms with E-state index in [9.17, 15) is 4.79 Å². The van der Waals surface area contributed by atoms with Crippen LogP contribution in [0.4, 0.5) is 0 Å². The van der Waals surface area contributed by atoms with Gasteiger partial charge >= 0.3 is 5.97 Å². The number of ether oxygens (including phenoxy) is 1. The quantitative estimate of drug-likeness (QED) is 0.528. The van der Waals surface area contributed by atoms with Crippen molar-refractivity contribution in [1.82, 2.24) is 0 Å². The highest BCUT2D eigenvalue weighted by Crippen LogP contribution is 2.64. The summed E-state index contributed by atoms with van der Waals surface area (Å²) in [4.78, 5) is 11.4. The number of allylic oxidation sites excluding steroid dienone is 1. The highest BCUT2D eigenvalue weighted by molar-refractivity contribution is 5.83. The third-order valence-electron chi connectivity index (χ3n) is 4.90. The summed E-state index contributed by atoms with van der Waals surface area (Å²) in [5.74, 6) is 1.48. The topological polar surface area (TPSA) is 26.3 Å². The summed E-state index contributed by atoms with van der Waals surface area (Å²) in [6.45, 7) is 2.35. The molecule has 3 rings (SSSR count). The SMILES string of the molecule is CCOC(=O)C=C1C[C@H]2CC3(CCC3)C[C@@H]12. The van der Waals surface area contributed by atoms with E-state index < -0.39 is 0 Å². The molecule has 2 atom stereocenters. The van der Waals surface area contributed by atoms with Gasteiger partial charge in [0, 0.05) is 6.08 Å². The minimum atomic E-state index is -0.134. The van der Waals surface area contributed by atoms with Crippen LogP contribution in [0.25, 0.3) is 0 Å². The molecular formula is C14H20O2. The molecule has 0 unspecified atom stereocenters. The number of hydrogen-bond acceptors (Lipinski definition) is 2. The lowest BCUT2D eigenvalue weighted by molar-refractivity contribution is -0.137. The molecular weight excluding hydrogens is 200 g/mol. The third-order valence-corrected chi connectivity index (χ3v) is 4.90. The Morgan fingerprint density at radius 2 is 2.31 bits per heavy atom. The summed E-state index contributed by atoms with van der Waals surface area (Å²) >= 11 is 0. The lowest BCUT2D eigenvalue weighted by atomic mass is 9.67. The zero-order valence-electron chi connectivity index (χ0n) is 10.00. The van der Waals surface area contributed by atoms with Gasteiger partial charge in [-0.3, -0.25) is 0 Å². The zero-order valence-corrected chi connectivity index (χ0v) is 10.00. The summed E-state index contributed by atoms with van der Waals surface area (Å²) in [7, 11) is 0. The van der Waals surface area contributed by atoms with Gasteiger partial charge in [0.25, 0.3) is 0 Å². The number of hydrogen-bond donors (Lipinski definition) is 0. The molecule has 0 heterocycles. The summed E-state index contributed by atoms with van der Waals surface area (Å²) in [6.07, 6.45) is 10.0. The smallest absolute Gasteiger partial charge is 0.330 e. The average molecular weight is 220 g/mol. The fraction of sp³-hybridized carbons (Fsp3) is 0.786. The van der Waals surface area contributed by atoms with Gasteiger partial charge in [-0.2, -0.15) is 0 Å². The first kappa shape index (κ1) is 10.4. The fourth-order valence-electron chi connectivity index (χ4n) is 3.94. The second kappa shape index (κ2) is 3.61. The standard InChI is InChI=1S/C14H20O2/c1-2-16-13(15)7-10-6-11-8-14(4-3-5-14)9-12(10)11/h7,11-12H,2-6,8-9H2,1H3/t11-,12-/m0/s1. The predicted molar refractivity (Wildman–Crippen MR) is 61.8 cm³/mol. The van der Waals surface area contributed by atoms with Crippen LogP contribution in [0.3, 0.4) is 0 Å². The predicted octanol–water partition coefficient (Wildman–Crippen LogP) is 3.08. The maximum Gasteiger partial charge on any atom is 0.330 e. The van der Waals surface area contributed by atoms with Gasteiger partial charge in [-0.15, -0.1) is 0 Å². The van der Waals surface area contributed by atoms with Crippen molar-refractivity contribution in [2.75, 3.05) is 6.61 Å². The van der Waals surface area contributed by atoms with Crippen molar-refractivity contribution >= 4 is 5.97 Å². The van der Waals surface area contributed by atoms with Gasteiger partial charge < -0.3 is 4.74 Å². The average Bonchev–Trinajstić information content (AvgIpc) is 2.49. The molecule has 0 radical (unpaired) electrons. The lowest BCUT2D eigenvalue weighted by Gasteiger charge is -2.38. The first-order chi connectivity index (χ1) is 7.72. The molecule has 1 spiro atoms. The van der Waals surface area contributed by atoms with Crippen LogP contribution in [0.15, 0.2) is 11.6 Å². The molecule has 0 amide bonds. The molecule has 0 aromatic heterocycles. The lowest BCUT2D eigenvalue weighted by Crippen LogP contribution is -2.25. The number of rotatable bonds is 2. The molecule has 2 heteroatoms. The minimum absolute atomic E-state index is 0.134. The van der Waals surface area contributed by atoms with Crippen molar-refractivity contribution in [3.8, 4) is 0 Å². The van der Waals surface area contributed by atoms with Crippen LogP contribution in [0.2, 0.25) is 0 Å². The van der Waals surface area contributed by atoms with Gasteiger partial charge in [0.1, 0.15) is 0 Å². The van der Waals surface area contributed by atoms with E-state index in [1.165, 1.54) is 37.7 Å². The zero-order chi connectivity index (χ0) is 11.2. The molecule has 3 saturated carbocycles. The molecule has 0 aromatic carbocycles. The molecule has 3 aliphatic carbocycles. The van der Waals surface area contributed by atoms with Crippen LogP contribution < -0.4 is 0 Å². The molecule has 0 bridgehead atoms. The van der Waals surface area contributed by atoms with Gasteiger partial charge in [-0.25, -0.2) is 4.79 Å². The van der Waals surface area contributed by atoms with E-state index in [4.69, 9.17) is 4.74 Å². The van der Waals surface area contributed by atoms with Crippen molar-refractivity contribution in [3.63, 3.8) is 0 Å². The highest BCUT2D eigenvalue weighted by Gasteiger charge is 2.53. The van der Waals surface area contributed by atoms with Crippen molar-refractivity contribution in [2.45, 2.75) is 45.4 Å². The highest BCUT2D eigenvalue weighted by atomic mass is 16.5. The van der Waals surface area contributed by atoms with Crippen molar-refractivity contribution < 1.29 is 9.53 Å². The maximum atomic E-state index is 11.4. The van der Waals surface area contributed by atoms with Crippen LogP contribution in [-0.4, -0.2) is 12.6 Å². The summed E-state index contributed by atoms with van der Waals surface area (Å²) < 4.78 is 4.97. The third kappa shape index (κ3) is 1.50. The molecule has 0 saturated heterocycles. The van der Waals surface area contributed by atoms with Gasteiger partial charge in [0.05, 0.1) is 6.61 Å². The van der Waals surface area contributed by atoms with Crippen LogP contribution in [-0.2, 0) is 9.53 Å². The number of fused-ring (bicyclic) bond motifs is 1.